The van der Waals surface area contributed by atoms with Crippen molar-refractivity contribution in [2.24, 2.45) is 4.99 Å². The van der Waals surface area contributed by atoms with Gasteiger partial charge in [0, 0.05) is 30.9 Å². The summed E-state index contributed by atoms with van der Waals surface area (Å²) in [5.74, 6) is 0.493. The molecule has 0 spiro atoms. The average molecular weight is 758 g/mol. The van der Waals surface area contributed by atoms with Crippen LogP contribution in [0.1, 0.15) is 54.9 Å². The molecule has 17 heteroatoms. The number of carbonyl (C=O) groups is 2. The van der Waals surface area contributed by atoms with E-state index in [0.29, 0.717) is 44.8 Å². The number of esters is 2. The van der Waals surface area contributed by atoms with Gasteiger partial charge in [-0.25, -0.2) is 10.4 Å². The highest BCUT2D eigenvalue weighted by Gasteiger charge is 2.11. The van der Waals surface area contributed by atoms with Crippen LogP contribution in [0.3, 0.4) is 0 Å². The number of nitrogens with one attached hydrogen (secondary N) is 1. The number of halogens is 1. The predicted molar refractivity (Wildman–Crippen MR) is 199 cm³/mol. The van der Waals surface area contributed by atoms with E-state index in [2.05, 4.69) is 14.7 Å². The lowest BCUT2D eigenvalue weighted by molar-refractivity contribution is -0.154. The summed E-state index contributed by atoms with van der Waals surface area (Å²) in [6.07, 6.45) is 0.124. The Balaban J connectivity index is -0.000000587. The smallest absolute Gasteiger partial charge is 0.344 e. The second-order valence-corrected chi connectivity index (χ2v) is 10.9. The molecule has 0 aliphatic carbocycles. The Morgan fingerprint density at radius 1 is 0.837 bits per heavy atom. The molecule has 0 unspecified atom stereocenters. The summed E-state index contributed by atoms with van der Waals surface area (Å²) in [4.78, 5) is 40.7. The molecule has 0 saturated heterocycles. The molecule has 0 atom stereocenters. The molecule has 0 saturated carbocycles. The van der Waals surface area contributed by atoms with Crippen LogP contribution >= 0.6 is 34.0 Å². The van der Waals surface area contributed by atoms with Gasteiger partial charge in [0.2, 0.25) is 5.43 Å². The van der Waals surface area contributed by atoms with Gasteiger partial charge in [-0.3, -0.25) is 14.4 Å². The van der Waals surface area contributed by atoms with Crippen LogP contribution in [-0.2, 0) is 28.5 Å². The van der Waals surface area contributed by atoms with Crippen molar-refractivity contribution in [2.45, 2.75) is 54.9 Å². The van der Waals surface area contributed by atoms with E-state index in [-0.39, 0.29) is 64.4 Å². The first-order valence-electron chi connectivity index (χ1n) is 14.5. The van der Waals surface area contributed by atoms with Gasteiger partial charge in [0.25, 0.3) is 0 Å². The summed E-state index contributed by atoms with van der Waals surface area (Å²) in [5.41, 5.74) is 7.82. The lowest BCUT2D eigenvalue weighted by Gasteiger charge is -2.06. The maximum atomic E-state index is 11.4. The van der Waals surface area contributed by atoms with Crippen LogP contribution in [0, 0.1) is 0 Å². The van der Waals surface area contributed by atoms with Gasteiger partial charge in [0.15, 0.2) is 18.2 Å². The molecule has 0 amide bonds. The van der Waals surface area contributed by atoms with Crippen LogP contribution in [0.2, 0.25) is 0 Å². The van der Waals surface area contributed by atoms with Gasteiger partial charge < -0.3 is 46.8 Å². The average Bonchev–Trinajstić information content (AvgIpc) is 3.79. The zero-order chi connectivity index (χ0) is 34.2. The first kappa shape index (κ1) is 49.5. The molecule has 0 aromatic carbocycles. The zero-order valence-electron chi connectivity index (χ0n) is 27.7. The molecule has 12 nitrogen and oxygen atoms in total. The summed E-state index contributed by atoms with van der Waals surface area (Å²) >= 11 is 4.61. The van der Waals surface area contributed by atoms with Crippen molar-refractivity contribution in [3.05, 3.63) is 61.4 Å². The van der Waals surface area contributed by atoms with Gasteiger partial charge in [-0.1, -0.05) is 7.43 Å². The van der Waals surface area contributed by atoms with E-state index in [4.69, 9.17) is 30.1 Å². The first-order valence-corrected chi connectivity index (χ1v) is 17.2. The highest BCUT2D eigenvalue weighted by molar-refractivity contribution is 7.17. The number of hydrogen-bond acceptors (Lipinski definition) is 13. The quantitative estimate of drug-likeness (QED) is 0.0898. The Labute approximate surface area is 308 Å². The number of aromatic nitrogens is 1. The number of anilines is 1. The van der Waals surface area contributed by atoms with Gasteiger partial charge in [0.1, 0.15) is 6.42 Å². The zero-order valence-corrected chi connectivity index (χ0v) is 30.9. The van der Waals surface area contributed by atoms with Crippen molar-refractivity contribution in [1.82, 2.24) is 4.98 Å². The molecule has 4 aromatic heterocycles. The Kier molecular flexibility index (Phi) is 30.5. The number of aliphatic imine (C=N–C) groups is 1. The number of nitrogen functional groups attached to an aromatic ring is 1. The molecule has 0 aliphatic rings. The maximum absolute atomic E-state index is 11.4. The van der Waals surface area contributed by atoms with E-state index < -0.39 is 0 Å². The van der Waals surface area contributed by atoms with Crippen molar-refractivity contribution in [3.63, 3.8) is 0 Å². The first-order chi connectivity index (χ1) is 22.2. The monoisotopic (exact) mass is 757 g/mol. The van der Waals surface area contributed by atoms with Crippen LogP contribution in [0.15, 0.2) is 61.0 Å². The van der Waals surface area contributed by atoms with Gasteiger partial charge in [-0.2, -0.15) is 22.7 Å². The number of aromatic amines is 1. The van der Waals surface area contributed by atoms with Gasteiger partial charge >= 0.3 is 17.8 Å². The molecule has 3 radical (unpaired) electrons. The van der Waals surface area contributed by atoms with E-state index in [0.717, 1.165) is 21.6 Å². The van der Waals surface area contributed by atoms with Gasteiger partial charge in [-0.15, -0.1) is 11.3 Å². The van der Waals surface area contributed by atoms with Crippen molar-refractivity contribution in [2.75, 3.05) is 38.8 Å². The number of fused-ring (bicyclic) bond motifs is 1. The molecule has 0 fully saturated rings. The number of pyridine rings is 1. The number of rotatable bonds is 11. The lowest BCUT2D eigenvalue weighted by Crippen LogP contribution is -3.00. The summed E-state index contributed by atoms with van der Waals surface area (Å²) < 4.78 is 25.6. The fourth-order valence-electron chi connectivity index (χ4n) is 3.14. The summed E-state index contributed by atoms with van der Waals surface area (Å²) in [6, 6.07) is 7.12. The van der Waals surface area contributed by atoms with Crippen LogP contribution < -0.4 is 33.7 Å². The fraction of sp³-hybridized carbons (Fsp3) is 0.406. The number of H-pyrrole nitrogens is 1. The number of nitrogens with zero attached hydrogens (tertiary/aromatic N) is 1. The van der Waals surface area contributed by atoms with Crippen molar-refractivity contribution >= 4 is 87.7 Å². The predicted octanol–water partition coefficient (Wildman–Crippen LogP) is 2.48. The highest BCUT2D eigenvalue weighted by Crippen LogP contribution is 2.18. The standard InChI is InChI=1S/C11H15NO3S.C9H9NO2S.C7H13NO3.C4H5NS.CH4.B.ClH/c1-3-14-10(7-11(13)15-4-2)12-9-5-6-16-8-9;1-2-12-8-5-7(11)9-6(10-8)3-4-13-9;1-3-10-6(8)5-7(9)11-4-2;5-4-1-2-6-3-4;;;/h5-6,8H,3-4,7H2,1-2H3;3-5H,2H2,1H3,(H,10,11);8H,3-5H2,1-2H3;1-3H,5H2;1H4;;1H. The molecule has 0 bridgehead atoms. The highest BCUT2D eigenvalue weighted by atomic mass is 35.5. The van der Waals surface area contributed by atoms with E-state index >= 15 is 0 Å². The largest absolute Gasteiger partial charge is 1.00 e. The van der Waals surface area contributed by atoms with E-state index in [9.17, 15) is 14.4 Å². The van der Waals surface area contributed by atoms with Crippen LogP contribution in [0.4, 0.5) is 11.4 Å². The molecular weight excluding hydrogens is 711 g/mol. The second-order valence-electron chi connectivity index (χ2n) is 8.43. The molecule has 271 valence electrons. The van der Waals surface area contributed by atoms with Crippen LogP contribution in [-0.4, -0.2) is 70.2 Å². The minimum atomic E-state index is -0.349. The van der Waals surface area contributed by atoms with Crippen LogP contribution in [0.25, 0.3) is 10.2 Å². The molecule has 4 rings (SSSR count). The molecule has 5 N–H and O–H groups in total. The van der Waals surface area contributed by atoms with Crippen molar-refractivity contribution < 1.29 is 51.1 Å². The fourth-order valence-corrected chi connectivity index (χ4v) is 5.02. The third-order valence-corrected chi connectivity index (χ3v) is 7.18. The third-order valence-electron chi connectivity index (χ3n) is 4.88. The molecular formula is C32H47BClN4O8S3. The molecule has 49 heavy (non-hydrogen) atoms. The number of thiophene rings is 3. The lowest BCUT2D eigenvalue weighted by atomic mass is 10.4. The second kappa shape index (κ2) is 30.2. The van der Waals surface area contributed by atoms with Crippen LogP contribution in [0.5, 0.6) is 5.88 Å². The summed E-state index contributed by atoms with van der Waals surface area (Å²) in [6.45, 7) is 11.3. The number of nitrogens with two attached hydrogens (primary N) is 2. The number of hydrogen-bond donors (Lipinski definition) is 3. The molecule has 4 heterocycles. The topological polar surface area (TPSA) is 177 Å². The molecule has 0 aliphatic heterocycles. The van der Waals surface area contributed by atoms with Crippen molar-refractivity contribution in [3.8, 4) is 5.88 Å². The normalized spacial score (nSPS) is 9.53. The van der Waals surface area contributed by atoms with E-state index in [1.807, 2.05) is 58.9 Å². The SMILES string of the molecule is C.CCOC(=O)CC(=Nc1ccsc1)OCC.CCOC(=[NH2+])CC(=O)OCC.CCOc1cc(=O)c2sccc2[nH]1.Nc1ccsc1.[B].[Cl-]. The minimum absolute atomic E-state index is 0. The minimum Gasteiger partial charge on any atom is -1.00 e. The van der Waals surface area contributed by atoms with E-state index in [1.165, 1.54) is 17.4 Å². The maximum Gasteiger partial charge on any atom is 0.344 e. The van der Waals surface area contributed by atoms with Crippen molar-refractivity contribution in [1.29, 1.82) is 0 Å². The molecule has 4 aromatic rings. The summed E-state index contributed by atoms with van der Waals surface area (Å²) in [7, 11) is 0. The number of carbonyl (C=O) groups excluding carboxylic acids is 2. The third kappa shape index (κ3) is 22.4. The number of ether oxygens (including phenoxy) is 5. The van der Waals surface area contributed by atoms with E-state index in [1.54, 1.807) is 43.4 Å². The Hall–Kier alpha value is -3.86. The Morgan fingerprint density at radius 2 is 1.43 bits per heavy atom. The summed E-state index contributed by atoms with van der Waals surface area (Å²) in [5, 5.41) is 14.9. The Morgan fingerprint density at radius 3 is 1.92 bits per heavy atom. The van der Waals surface area contributed by atoms with Gasteiger partial charge in [0.05, 0.1) is 48.9 Å². The van der Waals surface area contributed by atoms with Gasteiger partial charge in [-0.05, 0) is 69.0 Å². The Bertz CT molecular complexity index is 1500.